The molecule has 3 heteroatoms. The Morgan fingerprint density at radius 1 is 0.955 bits per heavy atom. The van der Waals surface area contributed by atoms with Gasteiger partial charge in [0.1, 0.15) is 0 Å². The van der Waals surface area contributed by atoms with Gasteiger partial charge in [-0.2, -0.15) is 5.26 Å². The molecule has 1 atom stereocenters. The molecule has 0 amide bonds. The highest BCUT2D eigenvalue weighted by Crippen LogP contribution is 2.15. The van der Waals surface area contributed by atoms with Gasteiger partial charge in [0.25, 0.3) is 0 Å². The molecule has 0 aromatic heterocycles. The molecule has 2 nitrogen and oxygen atoms in total. The maximum atomic E-state index is 8.92. The van der Waals surface area contributed by atoms with E-state index < -0.39 is 0 Å². The van der Waals surface area contributed by atoms with E-state index in [1.807, 2.05) is 24.3 Å². The molecule has 0 fully saturated rings. The number of rotatable bonds is 8. The van der Waals surface area contributed by atoms with Gasteiger partial charge in [-0.25, -0.2) is 0 Å². The van der Waals surface area contributed by atoms with Crippen molar-refractivity contribution in [1.29, 1.82) is 5.26 Å². The van der Waals surface area contributed by atoms with Gasteiger partial charge >= 0.3 is 0 Å². The van der Waals surface area contributed by atoms with Crippen LogP contribution in [0.25, 0.3) is 0 Å². The van der Waals surface area contributed by atoms with E-state index in [0.717, 1.165) is 19.5 Å². The van der Waals surface area contributed by atoms with E-state index in [4.69, 9.17) is 16.9 Å². The van der Waals surface area contributed by atoms with Gasteiger partial charge in [0.05, 0.1) is 6.07 Å². The van der Waals surface area contributed by atoms with Crippen LogP contribution in [0.3, 0.4) is 0 Å². The van der Waals surface area contributed by atoms with Crippen LogP contribution in [0, 0.1) is 11.3 Å². The molecule has 0 spiro atoms. The average molecular weight is 313 g/mol. The smallest absolute Gasteiger partial charge is 0.0635 e. The summed E-state index contributed by atoms with van der Waals surface area (Å²) in [7, 11) is 0. The highest BCUT2D eigenvalue weighted by atomic mass is 35.5. The zero-order valence-electron chi connectivity index (χ0n) is 12.7. The van der Waals surface area contributed by atoms with E-state index in [1.54, 1.807) is 0 Å². The molecule has 2 aromatic carbocycles. The maximum Gasteiger partial charge on any atom is 0.0635 e. The molecule has 0 heterocycles. The lowest BCUT2D eigenvalue weighted by Crippen LogP contribution is -2.38. The van der Waals surface area contributed by atoms with E-state index in [9.17, 15) is 0 Å². The SMILES string of the molecule is N#CCCN(Cc1ccccc1)C(CCl)Cc1ccccc1. The number of halogens is 1. The van der Waals surface area contributed by atoms with Crippen molar-refractivity contribution in [2.24, 2.45) is 0 Å². The normalized spacial score (nSPS) is 12.0. The van der Waals surface area contributed by atoms with Gasteiger partial charge in [-0.15, -0.1) is 11.6 Å². The first-order valence-electron chi connectivity index (χ1n) is 7.58. The molecule has 0 bridgehead atoms. The fraction of sp³-hybridized carbons (Fsp3) is 0.316. The second-order valence-corrected chi connectivity index (χ2v) is 5.67. The monoisotopic (exact) mass is 312 g/mol. The van der Waals surface area contributed by atoms with Crippen LogP contribution in [0.15, 0.2) is 60.7 Å². The summed E-state index contributed by atoms with van der Waals surface area (Å²) in [4.78, 5) is 2.32. The number of nitriles is 1. The zero-order chi connectivity index (χ0) is 15.6. The summed E-state index contributed by atoms with van der Waals surface area (Å²) in [6.07, 6.45) is 1.43. The van der Waals surface area contributed by atoms with Crippen molar-refractivity contribution in [3.8, 4) is 6.07 Å². The Hall–Kier alpha value is -1.82. The van der Waals surface area contributed by atoms with E-state index >= 15 is 0 Å². The van der Waals surface area contributed by atoms with Gasteiger partial charge in [0.2, 0.25) is 0 Å². The van der Waals surface area contributed by atoms with E-state index in [0.29, 0.717) is 12.3 Å². The third-order valence-corrected chi connectivity index (χ3v) is 4.10. The molecule has 1 unspecified atom stereocenters. The minimum absolute atomic E-state index is 0.234. The number of alkyl halides is 1. The second-order valence-electron chi connectivity index (χ2n) is 5.36. The standard InChI is InChI=1S/C19H21ClN2/c20-15-19(14-17-8-3-1-4-9-17)22(13-7-12-21)16-18-10-5-2-6-11-18/h1-6,8-11,19H,7,13-16H2. The molecule has 2 aromatic rings. The van der Waals surface area contributed by atoms with E-state index in [2.05, 4.69) is 47.4 Å². The van der Waals surface area contributed by atoms with E-state index in [1.165, 1.54) is 11.1 Å². The van der Waals surface area contributed by atoms with Gasteiger partial charge in [-0.3, -0.25) is 4.90 Å². The highest BCUT2D eigenvalue weighted by Gasteiger charge is 2.18. The fourth-order valence-corrected chi connectivity index (χ4v) is 2.87. The Morgan fingerprint density at radius 3 is 2.09 bits per heavy atom. The third-order valence-electron chi connectivity index (χ3n) is 3.75. The maximum absolute atomic E-state index is 8.92. The molecule has 0 radical (unpaired) electrons. The Bertz CT molecular complexity index is 577. The van der Waals surface area contributed by atoms with Gasteiger partial charge in [-0.1, -0.05) is 60.7 Å². The first-order chi connectivity index (χ1) is 10.8. The van der Waals surface area contributed by atoms with E-state index in [-0.39, 0.29) is 6.04 Å². The zero-order valence-corrected chi connectivity index (χ0v) is 13.4. The average Bonchev–Trinajstić information content (AvgIpc) is 2.58. The number of benzene rings is 2. The largest absolute Gasteiger partial charge is 0.294 e. The van der Waals surface area contributed by atoms with Crippen molar-refractivity contribution in [3.05, 3.63) is 71.8 Å². The van der Waals surface area contributed by atoms with Crippen LogP contribution in [0.2, 0.25) is 0 Å². The van der Waals surface area contributed by atoms with Crippen molar-refractivity contribution in [3.63, 3.8) is 0 Å². The first kappa shape index (κ1) is 16.5. The minimum Gasteiger partial charge on any atom is -0.294 e. The van der Waals surface area contributed by atoms with Gasteiger partial charge in [-0.05, 0) is 17.5 Å². The minimum atomic E-state index is 0.234. The summed E-state index contributed by atoms with van der Waals surface area (Å²) >= 11 is 6.23. The van der Waals surface area contributed by atoms with Crippen LogP contribution >= 0.6 is 11.6 Å². The topological polar surface area (TPSA) is 27.0 Å². The van der Waals surface area contributed by atoms with Crippen molar-refractivity contribution < 1.29 is 0 Å². The Kier molecular flexibility index (Phi) is 6.96. The van der Waals surface area contributed by atoms with Crippen LogP contribution in [-0.4, -0.2) is 23.4 Å². The molecule has 114 valence electrons. The van der Waals surface area contributed by atoms with Crippen LogP contribution in [0.5, 0.6) is 0 Å². The second kappa shape index (κ2) is 9.25. The quantitative estimate of drug-likeness (QED) is 0.681. The number of hydrogen-bond donors (Lipinski definition) is 0. The molecule has 0 N–H and O–H groups in total. The summed E-state index contributed by atoms with van der Waals surface area (Å²) in [5.41, 5.74) is 2.53. The summed E-state index contributed by atoms with van der Waals surface area (Å²) in [5.74, 6) is 0.563. The van der Waals surface area contributed by atoms with Crippen molar-refractivity contribution in [2.45, 2.75) is 25.4 Å². The summed E-state index contributed by atoms with van der Waals surface area (Å²) in [5, 5.41) is 8.92. The molecule has 0 aliphatic rings. The Balaban J connectivity index is 2.09. The van der Waals surface area contributed by atoms with Crippen LogP contribution in [0.4, 0.5) is 0 Å². The lowest BCUT2D eigenvalue weighted by Gasteiger charge is -2.30. The fourth-order valence-electron chi connectivity index (χ4n) is 2.57. The Labute approximate surface area is 137 Å². The number of hydrogen-bond acceptors (Lipinski definition) is 2. The molecule has 0 aliphatic heterocycles. The predicted molar refractivity (Wildman–Crippen MR) is 91.7 cm³/mol. The molecular formula is C19H21ClN2. The molecular weight excluding hydrogens is 292 g/mol. The lowest BCUT2D eigenvalue weighted by atomic mass is 10.0. The first-order valence-corrected chi connectivity index (χ1v) is 8.11. The van der Waals surface area contributed by atoms with Gasteiger partial charge in [0, 0.05) is 31.4 Å². The lowest BCUT2D eigenvalue weighted by molar-refractivity contribution is 0.205. The van der Waals surface area contributed by atoms with Gasteiger partial charge in [0.15, 0.2) is 0 Å². The van der Waals surface area contributed by atoms with Crippen LogP contribution in [-0.2, 0) is 13.0 Å². The summed E-state index contributed by atoms with van der Waals surface area (Å²) in [6, 6.07) is 23.2. The van der Waals surface area contributed by atoms with Crippen LogP contribution in [0.1, 0.15) is 17.5 Å². The molecule has 0 saturated carbocycles. The van der Waals surface area contributed by atoms with Gasteiger partial charge < -0.3 is 0 Å². The third kappa shape index (κ3) is 5.18. The Morgan fingerprint density at radius 2 is 1.55 bits per heavy atom. The number of nitrogens with zero attached hydrogens (tertiary/aromatic N) is 2. The predicted octanol–water partition coefficient (Wildman–Crippen LogP) is 4.25. The molecule has 22 heavy (non-hydrogen) atoms. The molecule has 0 aliphatic carbocycles. The highest BCUT2D eigenvalue weighted by molar-refractivity contribution is 6.18. The van der Waals surface area contributed by atoms with Crippen LogP contribution < -0.4 is 0 Å². The van der Waals surface area contributed by atoms with Crippen molar-refractivity contribution in [1.82, 2.24) is 4.90 Å². The summed E-state index contributed by atoms with van der Waals surface area (Å²) in [6.45, 7) is 1.57. The molecule has 2 rings (SSSR count). The van der Waals surface area contributed by atoms with Crippen molar-refractivity contribution >= 4 is 11.6 Å². The molecule has 0 saturated heterocycles. The van der Waals surface area contributed by atoms with Crippen molar-refractivity contribution in [2.75, 3.05) is 12.4 Å². The summed E-state index contributed by atoms with van der Waals surface area (Å²) < 4.78 is 0.